The summed E-state index contributed by atoms with van der Waals surface area (Å²) in [4.78, 5) is 0. The molecule has 7 aromatic rings. The molecule has 0 radical (unpaired) electrons. The van der Waals surface area contributed by atoms with Crippen molar-refractivity contribution in [1.82, 2.24) is 4.57 Å². The second kappa shape index (κ2) is 8.97. The number of aromatic nitrogens is 1. The van der Waals surface area contributed by atoms with Crippen molar-refractivity contribution < 1.29 is 4.74 Å². The maximum Gasteiger partial charge on any atom is 0.139 e. The van der Waals surface area contributed by atoms with Gasteiger partial charge in [-0.2, -0.15) is 0 Å². The van der Waals surface area contributed by atoms with Gasteiger partial charge in [0.05, 0.1) is 11.0 Å². The summed E-state index contributed by atoms with van der Waals surface area (Å²) < 4.78 is 8.99. The van der Waals surface area contributed by atoms with Crippen LogP contribution < -0.4 is 4.74 Å². The van der Waals surface area contributed by atoms with Crippen molar-refractivity contribution >= 4 is 21.8 Å². The van der Waals surface area contributed by atoms with Crippen molar-refractivity contribution in [2.45, 2.75) is 19.3 Å². The minimum atomic E-state index is -0.147. The minimum Gasteiger partial charge on any atom is -0.456 e. The van der Waals surface area contributed by atoms with Gasteiger partial charge in [0.1, 0.15) is 11.5 Å². The molecule has 1 aliphatic rings. The first-order valence-electron chi connectivity index (χ1n) is 14.2. The predicted octanol–water partition coefficient (Wildman–Crippen LogP) is 10.5. The molecule has 196 valence electrons. The highest BCUT2D eigenvalue weighted by atomic mass is 16.5. The zero-order valence-electron chi connectivity index (χ0n) is 23.1. The first-order valence-corrected chi connectivity index (χ1v) is 14.2. The highest BCUT2D eigenvalue weighted by Crippen LogP contribution is 2.51. The molecule has 0 N–H and O–H groups in total. The summed E-state index contributed by atoms with van der Waals surface area (Å²) in [6, 6.07) is 49.9. The Morgan fingerprint density at radius 1 is 0.512 bits per heavy atom. The first-order chi connectivity index (χ1) is 20.1. The average Bonchev–Trinajstić information content (AvgIpc) is 3.35. The van der Waals surface area contributed by atoms with Crippen molar-refractivity contribution in [3.63, 3.8) is 0 Å². The molecule has 0 amide bonds. The van der Waals surface area contributed by atoms with E-state index in [-0.39, 0.29) is 5.41 Å². The number of ether oxygens (including phenoxy) is 1. The van der Waals surface area contributed by atoms with Gasteiger partial charge in [-0.3, -0.25) is 0 Å². The zero-order valence-corrected chi connectivity index (χ0v) is 23.1. The molecule has 2 heterocycles. The monoisotopic (exact) mass is 527 g/mol. The van der Waals surface area contributed by atoms with Gasteiger partial charge in [0, 0.05) is 38.6 Å². The molecule has 41 heavy (non-hydrogen) atoms. The third-order valence-corrected chi connectivity index (χ3v) is 8.68. The summed E-state index contributed by atoms with van der Waals surface area (Å²) in [5.74, 6) is 1.89. The van der Waals surface area contributed by atoms with Crippen molar-refractivity contribution in [3.8, 4) is 39.4 Å². The van der Waals surface area contributed by atoms with Gasteiger partial charge < -0.3 is 9.30 Å². The van der Waals surface area contributed by atoms with Gasteiger partial charge in [-0.1, -0.05) is 117 Å². The van der Waals surface area contributed by atoms with Gasteiger partial charge in [-0.05, 0) is 53.1 Å². The third kappa shape index (κ3) is 3.64. The summed E-state index contributed by atoms with van der Waals surface area (Å²) >= 11 is 0. The number of fused-ring (bicyclic) bond motifs is 5. The molecule has 0 saturated carbocycles. The van der Waals surface area contributed by atoms with Gasteiger partial charge in [-0.25, -0.2) is 0 Å². The number of para-hydroxylation sites is 3. The molecule has 0 unspecified atom stereocenters. The summed E-state index contributed by atoms with van der Waals surface area (Å²) in [6.45, 7) is 4.58. The van der Waals surface area contributed by atoms with E-state index in [1.54, 1.807) is 0 Å². The van der Waals surface area contributed by atoms with Crippen molar-refractivity contribution in [3.05, 3.63) is 151 Å². The molecular weight excluding hydrogens is 498 g/mol. The summed E-state index contributed by atoms with van der Waals surface area (Å²) in [7, 11) is 0. The van der Waals surface area contributed by atoms with E-state index in [0.29, 0.717) is 0 Å². The maximum absolute atomic E-state index is 6.62. The fourth-order valence-corrected chi connectivity index (χ4v) is 6.55. The number of benzene rings is 6. The standard InChI is InChI=1S/C39H29NO/c1-39(2)33-15-7-9-18-37(33)41-38-30(14-10-16-34(38)39)28-21-24-36-32(25-28)31-13-6-8-17-35(31)40(36)29-22-19-27(20-23-29)26-11-4-3-5-12-26/h3-25H,1-2H3. The van der Waals surface area contributed by atoms with E-state index in [4.69, 9.17) is 4.74 Å². The Kier molecular flexibility index (Phi) is 5.20. The molecule has 0 saturated heterocycles. The molecule has 0 spiro atoms. The van der Waals surface area contributed by atoms with E-state index in [2.05, 4.69) is 158 Å². The molecule has 0 fully saturated rings. The third-order valence-electron chi connectivity index (χ3n) is 8.68. The zero-order chi connectivity index (χ0) is 27.6. The molecule has 2 nitrogen and oxygen atoms in total. The van der Waals surface area contributed by atoms with Crippen molar-refractivity contribution in [2.75, 3.05) is 0 Å². The average molecular weight is 528 g/mol. The largest absolute Gasteiger partial charge is 0.456 e. The van der Waals surface area contributed by atoms with Gasteiger partial charge in [-0.15, -0.1) is 0 Å². The van der Waals surface area contributed by atoms with E-state index in [0.717, 1.165) is 28.3 Å². The van der Waals surface area contributed by atoms with Crippen LogP contribution in [0.25, 0.3) is 49.7 Å². The van der Waals surface area contributed by atoms with Crippen LogP contribution in [0.1, 0.15) is 25.0 Å². The topological polar surface area (TPSA) is 14.2 Å². The number of hydrogen-bond acceptors (Lipinski definition) is 1. The lowest BCUT2D eigenvalue weighted by atomic mass is 9.75. The summed E-state index contributed by atoms with van der Waals surface area (Å²) in [5, 5.41) is 2.48. The molecule has 2 heteroatoms. The first kappa shape index (κ1) is 23.8. The quantitative estimate of drug-likeness (QED) is 0.223. The fourth-order valence-electron chi connectivity index (χ4n) is 6.55. The molecule has 6 aromatic carbocycles. The minimum absolute atomic E-state index is 0.147. The number of hydrogen-bond donors (Lipinski definition) is 0. The summed E-state index contributed by atoms with van der Waals surface area (Å²) in [6.07, 6.45) is 0. The molecule has 0 atom stereocenters. The van der Waals surface area contributed by atoms with Gasteiger partial charge in [0.2, 0.25) is 0 Å². The van der Waals surface area contributed by atoms with Gasteiger partial charge in [0.15, 0.2) is 0 Å². The molecule has 8 rings (SSSR count). The Bertz CT molecular complexity index is 2080. The Morgan fingerprint density at radius 2 is 1.17 bits per heavy atom. The Hall–Kier alpha value is -5.08. The molecule has 1 aliphatic heterocycles. The molecule has 0 aliphatic carbocycles. The lowest BCUT2D eigenvalue weighted by molar-refractivity contribution is 0.419. The van der Waals surface area contributed by atoms with Crippen LogP contribution in [0, 0.1) is 0 Å². The summed E-state index contributed by atoms with van der Waals surface area (Å²) in [5.41, 5.74) is 10.6. The van der Waals surface area contributed by atoms with Crippen LogP contribution in [0.5, 0.6) is 11.5 Å². The lowest BCUT2D eigenvalue weighted by Crippen LogP contribution is -2.24. The van der Waals surface area contributed by atoms with Crippen LogP contribution in [0.3, 0.4) is 0 Å². The van der Waals surface area contributed by atoms with Crippen LogP contribution in [0.4, 0.5) is 0 Å². The van der Waals surface area contributed by atoms with E-state index in [9.17, 15) is 0 Å². The second-order valence-electron chi connectivity index (χ2n) is 11.4. The Balaban J connectivity index is 1.29. The fraction of sp³-hybridized carbons (Fsp3) is 0.0769. The highest BCUT2D eigenvalue weighted by molar-refractivity contribution is 6.10. The second-order valence-corrected chi connectivity index (χ2v) is 11.4. The van der Waals surface area contributed by atoms with Crippen LogP contribution in [0.2, 0.25) is 0 Å². The normalized spacial score (nSPS) is 13.5. The Morgan fingerprint density at radius 3 is 2.02 bits per heavy atom. The van der Waals surface area contributed by atoms with Crippen LogP contribution in [0.15, 0.2) is 140 Å². The Labute approximate surface area is 240 Å². The van der Waals surface area contributed by atoms with Crippen LogP contribution in [-0.4, -0.2) is 4.57 Å². The van der Waals surface area contributed by atoms with E-state index in [1.165, 1.54) is 44.1 Å². The lowest BCUT2D eigenvalue weighted by Gasteiger charge is -2.35. The van der Waals surface area contributed by atoms with Gasteiger partial charge in [0.25, 0.3) is 0 Å². The van der Waals surface area contributed by atoms with E-state index in [1.807, 2.05) is 0 Å². The molecular formula is C39H29NO. The smallest absolute Gasteiger partial charge is 0.139 e. The highest BCUT2D eigenvalue weighted by Gasteiger charge is 2.35. The van der Waals surface area contributed by atoms with E-state index < -0.39 is 0 Å². The molecule has 0 bridgehead atoms. The predicted molar refractivity (Wildman–Crippen MR) is 170 cm³/mol. The van der Waals surface area contributed by atoms with Crippen LogP contribution in [-0.2, 0) is 5.41 Å². The number of rotatable bonds is 3. The number of nitrogens with zero attached hydrogens (tertiary/aromatic N) is 1. The SMILES string of the molecule is CC1(C)c2ccccc2Oc2c(-c3ccc4c(c3)c3ccccc3n4-c3ccc(-c4ccccc4)cc3)cccc21. The van der Waals surface area contributed by atoms with Gasteiger partial charge >= 0.3 is 0 Å². The van der Waals surface area contributed by atoms with Crippen LogP contribution >= 0.6 is 0 Å². The van der Waals surface area contributed by atoms with Crippen molar-refractivity contribution in [1.29, 1.82) is 0 Å². The molecule has 1 aromatic heterocycles. The maximum atomic E-state index is 6.62. The van der Waals surface area contributed by atoms with E-state index >= 15 is 0 Å². The van der Waals surface area contributed by atoms with Crippen molar-refractivity contribution in [2.24, 2.45) is 0 Å².